The van der Waals surface area contributed by atoms with Crippen LogP contribution in [-0.2, 0) is 0 Å². The molecular formula is C13H14N4O. The van der Waals surface area contributed by atoms with Gasteiger partial charge >= 0.3 is 0 Å². The SMILES string of the molecule is Cc1cc(C)c(NC(=O)c2cnccn2)c(C)n1. The molecular weight excluding hydrogens is 228 g/mol. The van der Waals surface area contributed by atoms with E-state index in [9.17, 15) is 4.79 Å². The van der Waals surface area contributed by atoms with Gasteiger partial charge in [0.05, 0.1) is 17.6 Å². The first-order valence-corrected chi connectivity index (χ1v) is 5.60. The number of anilines is 1. The van der Waals surface area contributed by atoms with Gasteiger partial charge in [-0.05, 0) is 32.4 Å². The summed E-state index contributed by atoms with van der Waals surface area (Å²) in [6.45, 7) is 5.73. The van der Waals surface area contributed by atoms with Crippen molar-refractivity contribution in [1.82, 2.24) is 15.0 Å². The number of carbonyl (C=O) groups is 1. The second-order valence-corrected chi connectivity index (χ2v) is 4.09. The molecule has 2 aromatic heterocycles. The Morgan fingerprint density at radius 3 is 2.61 bits per heavy atom. The van der Waals surface area contributed by atoms with E-state index >= 15 is 0 Å². The Morgan fingerprint density at radius 2 is 2.00 bits per heavy atom. The molecule has 2 heterocycles. The Balaban J connectivity index is 2.28. The summed E-state index contributed by atoms with van der Waals surface area (Å²) < 4.78 is 0. The highest BCUT2D eigenvalue weighted by atomic mass is 16.1. The maximum absolute atomic E-state index is 12.0. The van der Waals surface area contributed by atoms with E-state index < -0.39 is 0 Å². The average Bonchev–Trinajstić information content (AvgIpc) is 2.34. The third-order valence-electron chi connectivity index (χ3n) is 2.56. The average molecular weight is 242 g/mol. The standard InChI is InChI=1S/C13H14N4O/c1-8-6-9(2)16-10(3)12(8)17-13(18)11-7-14-4-5-15-11/h4-7H,1-3H3,(H,17,18). The van der Waals surface area contributed by atoms with Crippen molar-refractivity contribution in [1.29, 1.82) is 0 Å². The van der Waals surface area contributed by atoms with Gasteiger partial charge in [0.25, 0.3) is 5.91 Å². The van der Waals surface area contributed by atoms with E-state index in [1.807, 2.05) is 26.8 Å². The van der Waals surface area contributed by atoms with Crippen LogP contribution < -0.4 is 5.32 Å². The summed E-state index contributed by atoms with van der Waals surface area (Å²) in [5, 5.41) is 2.82. The zero-order valence-corrected chi connectivity index (χ0v) is 10.6. The first-order valence-electron chi connectivity index (χ1n) is 5.60. The number of hydrogen-bond donors (Lipinski definition) is 1. The number of rotatable bonds is 2. The predicted octanol–water partition coefficient (Wildman–Crippen LogP) is 2.05. The zero-order chi connectivity index (χ0) is 13.1. The lowest BCUT2D eigenvalue weighted by molar-refractivity contribution is 0.102. The molecule has 0 aliphatic carbocycles. The minimum Gasteiger partial charge on any atom is -0.319 e. The van der Waals surface area contributed by atoms with Gasteiger partial charge in [0.1, 0.15) is 5.69 Å². The first kappa shape index (κ1) is 12.2. The minimum absolute atomic E-state index is 0.278. The van der Waals surface area contributed by atoms with Crippen LogP contribution in [0.1, 0.15) is 27.4 Å². The lowest BCUT2D eigenvalue weighted by Crippen LogP contribution is -2.16. The molecule has 1 N–H and O–H groups in total. The fourth-order valence-electron chi connectivity index (χ4n) is 1.81. The summed E-state index contributed by atoms with van der Waals surface area (Å²) >= 11 is 0. The summed E-state index contributed by atoms with van der Waals surface area (Å²) in [7, 11) is 0. The Bertz CT molecular complexity index is 558. The highest BCUT2D eigenvalue weighted by Gasteiger charge is 2.11. The Morgan fingerprint density at radius 1 is 1.22 bits per heavy atom. The Labute approximate surface area is 105 Å². The van der Waals surface area contributed by atoms with Crippen LogP contribution >= 0.6 is 0 Å². The smallest absolute Gasteiger partial charge is 0.275 e. The van der Waals surface area contributed by atoms with Crippen molar-refractivity contribution in [2.75, 3.05) is 5.32 Å². The number of pyridine rings is 1. The highest BCUT2D eigenvalue weighted by molar-refractivity contribution is 6.03. The molecule has 1 amide bonds. The number of nitrogens with zero attached hydrogens (tertiary/aromatic N) is 3. The van der Waals surface area contributed by atoms with Crippen molar-refractivity contribution in [3.8, 4) is 0 Å². The van der Waals surface area contributed by atoms with Crippen LogP contribution in [0.25, 0.3) is 0 Å². The molecule has 0 spiro atoms. The number of aryl methyl sites for hydroxylation is 3. The monoisotopic (exact) mass is 242 g/mol. The van der Waals surface area contributed by atoms with E-state index in [1.165, 1.54) is 18.6 Å². The molecule has 18 heavy (non-hydrogen) atoms. The Kier molecular flexibility index (Phi) is 3.32. The molecule has 2 aromatic rings. The first-order chi connectivity index (χ1) is 8.58. The van der Waals surface area contributed by atoms with Crippen molar-refractivity contribution in [3.05, 3.63) is 47.3 Å². The van der Waals surface area contributed by atoms with Crippen LogP contribution in [0.2, 0.25) is 0 Å². The molecule has 0 radical (unpaired) electrons. The van der Waals surface area contributed by atoms with Gasteiger partial charge in [-0.1, -0.05) is 0 Å². The van der Waals surface area contributed by atoms with Crippen LogP contribution in [0.4, 0.5) is 5.69 Å². The molecule has 0 aliphatic heterocycles. The number of aromatic nitrogens is 3. The van der Waals surface area contributed by atoms with Crippen LogP contribution in [-0.4, -0.2) is 20.9 Å². The van der Waals surface area contributed by atoms with Crippen LogP contribution in [0.3, 0.4) is 0 Å². The zero-order valence-electron chi connectivity index (χ0n) is 10.6. The molecule has 0 aromatic carbocycles. The predicted molar refractivity (Wildman–Crippen MR) is 68.4 cm³/mol. The number of carbonyl (C=O) groups excluding carboxylic acids is 1. The summed E-state index contributed by atoms with van der Waals surface area (Å²) in [6, 6.07) is 1.93. The number of hydrogen-bond acceptors (Lipinski definition) is 4. The molecule has 92 valence electrons. The molecule has 0 fully saturated rings. The van der Waals surface area contributed by atoms with Gasteiger partial charge in [0.2, 0.25) is 0 Å². The van der Waals surface area contributed by atoms with Gasteiger partial charge in [0.15, 0.2) is 0 Å². The molecule has 5 heteroatoms. The second-order valence-electron chi connectivity index (χ2n) is 4.09. The second kappa shape index (κ2) is 4.91. The van der Waals surface area contributed by atoms with Gasteiger partial charge in [-0.25, -0.2) is 4.98 Å². The molecule has 0 atom stereocenters. The van der Waals surface area contributed by atoms with Gasteiger partial charge in [-0.2, -0.15) is 0 Å². The molecule has 0 aliphatic rings. The van der Waals surface area contributed by atoms with E-state index in [2.05, 4.69) is 20.3 Å². The fourth-order valence-corrected chi connectivity index (χ4v) is 1.81. The summed E-state index contributed by atoms with van der Waals surface area (Å²) in [5.41, 5.74) is 3.73. The van der Waals surface area contributed by atoms with Crippen LogP contribution in [0, 0.1) is 20.8 Å². The molecule has 2 rings (SSSR count). The van der Waals surface area contributed by atoms with Crippen molar-refractivity contribution in [2.45, 2.75) is 20.8 Å². The van der Waals surface area contributed by atoms with Crippen molar-refractivity contribution in [3.63, 3.8) is 0 Å². The molecule has 5 nitrogen and oxygen atoms in total. The van der Waals surface area contributed by atoms with Crippen molar-refractivity contribution >= 4 is 11.6 Å². The van der Waals surface area contributed by atoms with E-state index in [4.69, 9.17) is 0 Å². The van der Waals surface area contributed by atoms with Crippen LogP contribution in [0.15, 0.2) is 24.7 Å². The van der Waals surface area contributed by atoms with E-state index in [0.717, 1.165) is 22.6 Å². The van der Waals surface area contributed by atoms with Gasteiger partial charge in [0, 0.05) is 18.1 Å². The maximum Gasteiger partial charge on any atom is 0.275 e. The van der Waals surface area contributed by atoms with E-state index in [1.54, 1.807) is 0 Å². The van der Waals surface area contributed by atoms with Gasteiger partial charge < -0.3 is 5.32 Å². The molecule has 0 unspecified atom stereocenters. The van der Waals surface area contributed by atoms with E-state index in [-0.39, 0.29) is 11.6 Å². The fraction of sp³-hybridized carbons (Fsp3) is 0.231. The van der Waals surface area contributed by atoms with Crippen LogP contribution in [0.5, 0.6) is 0 Å². The molecule has 0 saturated heterocycles. The third kappa shape index (κ3) is 2.51. The van der Waals surface area contributed by atoms with Gasteiger partial charge in [-0.15, -0.1) is 0 Å². The normalized spacial score (nSPS) is 10.2. The Hall–Kier alpha value is -2.30. The maximum atomic E-state index is 12.0. The van der Waals surface area contributed by atoms with Crippen molar-refractivity contribution in [2.24, 2.45) is 0 Å². The van der Waals surface area contributed by atoms with Gasteiger partial charge in [-0.3, -0.25) is 14.8 Å². The topological polar surface area (TPSA) is 67.8 Å². The number of amides is 1. The molecule has 0 bridgehead atoms. The highest BCUT2D eigenvalue weighted by Crippen LogP contribution is 2.19. The minimum atomic E-state index is -0.278. The summed E-state index contributed by atoms with van der Waals surface area (Å²) in [4.78, 5) is 24.1. The largest absolute Gasteiger partial charge is 0.319 e. The molecule has 0 saturated carbocycles. The van der Waals surface area contributed by atoms with Crippen molar-refractivity contribution < 1.29 is 4.79 Å². The van der Waals surface area contributed by atoms with E-state index in [0.29, 0.717) is 0 Å². The quantitative estimate of drug-likeness (QED) is 0.875. The number of nitrogens with one attached hydrogen (secondary N) is 1. The summed E-state index contributed by atoms with van der Waals surface area (Å²) in [5.74, 6) is -0.278. The summed E-state index contributed by atoms with van der Waals surface area (Å²) in [6.07, 6.45) is 4.45. The third-order valence-corrected chi connectivity index (χ3v) is 2.56. The lowest BCUT2D eigenvalue weighted by Gasteiger charge is -2.11. The lowest BCUT2D eigenvalue weighted by atomic mass is 10.1.